The van der Waals surface area contributed by atoms with Crippen molar-refractivity contribution in [3.8, 4) is 0 Å². The Bertz CT molecular complexity index is 182. The predicted molar refractivity (Wildman–Crippen MR) is 56.9 cm³/mol. The normalized spacial score (nSPS) is 10.9. The van der Waals surface area contributed by atoms with E-state index >= 15 is 0 Å². The summed E-state index contributed by atoms with van der Waals surface area (Å²) in [7, 11) is 0. The Morgan fingerprint density at radius 1 is 1.40 bits per heavy atom. The standard InChI is InChI=1S/C9H18O2.CH2O3/c1-5-7-8-10-11-9(3,4)6-2;2-1(3)4/h5,7H,6,8H2,1-4H3;(H2,2,3,4)/b7-5+;. The van der Waals surface area contributed by atoms with Crippen molar-refractivity contribution in [2.24, 2.45) is 0 Å². The maximum absolute atomic E-state index is 8.56. The van der Waals surface area contributed by atoms with E-state index in [1.165, 1.54) is 0 Å². The van der Waals surface area contributed by atoms with Gasteiger partial charge in [-0.3, -0.25) is 0 Å². The van der Waals surface area contributed by atoms with Gasteiger partial charge in [0.15, 0.2) is 0 Å². The quantitative estimate of drug-likeness (QED) is 0.322. The SMILES string of the molecule is C/C=C/COOC(C)(C)CC.O=C(O)O. The molecular weight excluding hydrogens is 200 g/mol. The largest absolute Gasteiger partial charge is 0.503 e. The Balaban J connectivity index is 0. The van der Waals surface area contributed by atoms with Crippen LogP contribution < -0.4 is 0 Å². The average molecular weight is 220 g/mol. The van der Waals surface area contributed by atoms with Crippen molar-refractivity contribution in [3.05, 3.63) is 12.2 Å². The second-order valence-corrected chi connectivity index (χ2v) is 3.33. The van der Waals surface area contributed by atoms with Crippen molar-refractivity contribution in [1.82, 2.24) is 0 Å². The van der Waals surface area contributed by atoms with Gasteiger partial charge in [-0.05, 0) is 27.2 Å². The molecule has 0 spiro atoms. The molecular formula is C10H20O5. The van der Waals surface area contributed by atoms with Gasteiger partial charge in [-0.1, -0.05) is 19.1 Å². The van der Waals surface area contributed by atoms with Gasteiger partial charge in [0.25, 0.3) is 0 Å². The molecule has 15 heavy (non-hydrogen) atoms. The molecule has 0 aliphatic carbocycles. The van der Waals surface area contributed by atoms with Crippen LogP contribution in [0.4, 0.5) is 4.79 Å². The van der Waals surface area contributed by atoms with E-state index in [9.17, 15) is 0 Å². The summed E-state index contributed by atoms with van der Waals surface area (Å²) in [6.07, 6.45) is 2.96. The minimum atomic E-state index is -1.83. The molecule has 0 saturated heterocycles. The maximum atomic E-state index is 8.56. The van der Waals surface area contributed by atoms with E-state index in [1.54, 1.807) is 0 Å². The van der Waals surface area contributed by atoms with E-state index < -0.39 is 6.16 Å². The zero-order chi connectivity index (χ0) is 12.3. The summed E-state index contributed by atoms with van der Waals surface area (Å²) in [5.74, 6) is 0. The van der Waals surface area contributed by atoms with Crippen LogP contribution in [0, 0.1) is 0 Å². The van der Waals surface area contributed by atoms with Gasteiger partial charge < -0.3 is 10.2 Å². The molecule has 5 nitrogen and oxygen atoms in total. The first-order valence-corrected chi connectivity index (χ1v) is 4.69. The van der Waals surface area contributed by atoms with Crippen molar-refractivity contribution in [2.75, 3.05) is 6.61 Å². The van der Waals surface area contributed by atoms with Gasteiger partial charge in [0, 0.05) is 0 Å². The molecule has 0 aromatic rings. The van der Waals surface area contributed by atoms with Crippen molar-refractivity contribution in [2.45, 2.75) is 39.7 Å². The van der Waals surface area contributed by atoms with Gasteiger partial charge in [0.1, 0.15) is 6.61 Å². The van der Waals surface area contributed by atoms with Crippen LogP contribution in [0.2, 0.25) is 0 Å². The van der Waals surface area contributed by atoms with Crippen LogP contribution >= 0.6 is 0 Å². The molecule has 5 heteroatoms. The number of allylic oxidation sites excluding steroid dienone is 1. The zero-order valence-corrected chi connectivity index (χ0v) is 9.69. The lowest BCUT2D eigenvalue weighted by Gasteiger charge is -2.20. The molecule has 0 atom stereocenters. The number of carbonyl (C=O) groups is 1. The lowest BCUT2D eigenvalue weighted by Crippen LogP contribution is -2.23. The topological polar surface area (TPSA) is 76.0 Å². The van der Waals surface area contributed by atoms with Crippen LogP contribution in [0.15, 0.2) is 12.2 Å². The number of hydrogen-bond acceptors (Lipinski definition) is 3. The third-order valence-electron chi connectivity index (χ3n) is 1.54. The first kappa shape index (κ1) is 16.4. The van der Waals surface area contributed by atoms with Crippen LogP contribution in [-0.4, -0.2) is 28.6 Å². The Labute approximate surface area is 90.2 Å². The van der Waals surface area contributed by atoms with E-state index in [1.807, 2.05) is 32.9 Å². The van der Waals surface area contributed by atoms with Gasteiger partial charge in [0.2, 0.25) is 0 Å². The second kappa shape index (κ2) is 9.48. The van der Waals surface area contributed by atoms with Crippen LogP contribution in [-0.2, 0) is 9.78 Å². The van der Waals surface area contributed by atoms with Gasteiger partial charge in [-0.15, -0.1) is 0 Å². The summed E-state index contributed by atoms with van der Waals surface area (Å²) in [6.45, 7) is 8.55. The average Bonchev–Trinajstić information content (AvgIpc) is 2.12. The highest BCUT2D eigenvalue weighted by Crippen LogP contribution is 2.13. The fraction of sp³-hybridized carbons (Fsp3) is 0.700. The van der Waals surface area contributed by atoms with E-state index in [2.05, 4.69) is 6.92 Å². The van der Waals surface area contributed by atoms with Gasteiger partial charge in [0.05, 0.1) is 5.60 Å². The third kappa shape index (κ3) is 19.4. The van der Waals surface area contributed by atoms with Gasteiger partial charge in [-0.2, -0.15) is 0 Å². The number of hydrogen-bond donors (Lipinski definition) is 2. The summed E-state index contributed by atoms with van der Waals surface area (Å²) in [6, 6.07) is 0. The molecule has 90 valence electrons. The highest BCUT2D eigenvalue weighted by atomic mass is 17.2. The fourth-order valence-corrected chi connectivity index (χ4v) is 0.388. The molecule has 2 N–H and O–H groups in total. The second-order valence-electron chi connectivity index (χ2n) is 3.33. The number of rotatable bonds is 5. The molecule has 0 aromatic carbocycles. The molecule has 0 fully saturated rings. The molecule has 0 unspecified atom stereocenters. The zero-order valence-electron chi connectivity index (χ0n) is 9.69. The van der Waals surface area contributed by atoms with Crippen molar-refractivity contribution >= 4 is 6.16 Å². The van der Waals surface area contributed by atoms with E-state index in [0.717, 1.165) is 6.42 Å². The predicted octanol–water partition coefficient (Wildman–Crippen LogP) is 2.92. The molecule has 0 aliphatic rings. The summed E-state index contributed by atoms with van der Waals surface area (Å²) < 4.78 is 0. The molecule has 0 radical (unpaired) electrons. The Kier molecular flexibility index (Phi) is 10.3. The highest BCUT2D eigenvalue weighted by Gasteiger charge is 2.15. The fourth-order valence-electron chi connectivity index (χ4n) is 0.388. The Morgan fingerprint density at radius 2 is 1.87 bits per heavy atom. The van der Waals surface area contributed by atoms with Crippen LogP contribution in [0.1, 0.15) is 34.1 Å². The monoisotopic (exact) mass is 220 g/mol. The molecule has 0 bridgehead atoms. The van der Waals surface area contributed by atoms with E-state index in [-0.39, 0.29) is 5.60 Å². The minimum Gasteiger partial charge on any atom is -0.450 e. The molecule has 0 amide bonds. The molecule has 0 aliphatic heterocycles. The molecule has 0 saturated carbocycles. The number of carboxylic acid groups (broad SMARTS) is 2. The summed E-state index contributed by atoms with van der Waals surface area (Å²) in [4.78, 5) is 18.6. The summed E-state index contributed by atoms with van der Waals surface area (Å²) in [5, 5.41) is 13.9. The lowest BCUT2D eigenvalue weighted by atomic mass is 10.1. The van der Waals surface area contributed by atoms with Crippen molar-refractivity contribution < 1.29 is 24.8 Å². The van der Waals surface area contributed by atoms with Gasteiger partial charge >= 0.3 is 6.16 Å². The van der Waals surface area contributed by atoms with Crippen LogP contribution in [0.5, 0.6) is 0 Å². The highest BCUT2D eigenvalue weighted by molar-refractivity contribution is 5.53. The minimum absolute atomic E-state index is 0.165. The smallest absolute Gasteiger partial charge is 0.450 e. The van der Waals surface area contributed by atoms with Crippen LogP contribution in [0.3, 0.4) is 0 Å². The van der Waals surface area contributed by atoms with Crippen LogP contribution in [0.25, 0.3) is 0 Å². The van der Waals surface area contributed by atoms with Crippen molar-refractivity contribution in [1.29, 1.82) is 0 Å². The first-order valence-electron chi connectivity index (χ1n) is 4.69. The van der Waals surface area contributed by atoms with E-state index in [4.69, 9.17) is 24.8 Å². The lowest BCUT2D eigenvalue weighted by molar-refractivity contribution is -0.347. The summed E-state index contributed by atoms with van der Waals surface area (Å²) in [5.41, 5.74) is -0.165. The Morgan fingerprint density at radius 3 is 2.20 bits per heavy atom. The molecule has 0 aromatic heterocycles. The van der Waals surface area contributed by atoms with E-state index in [0.29, 0.717) is 6.61 Å². The molecule has 0 heterocycles. The van der Waals surface area contributed by atoms with Gasteiger partial charge in [-0.25, -0.2) is 14.6 Å². The van der Waals surface area contributed by atoms with Crippen molar-refractivity contribution in [3.63, 3.8) is 0 Å². The molecule has 0 rings (SSSR count). The summed E-state index contributed by atoms with van der Waals surface area (Å²) >= 11 is 0. The maximum Gasteiger partial charge on any atom is 0.503 e. The third-order valence-corrected chi connectivity index (χ3v) is 1.54. The Hall–Kier alpha value is -1.07. The first-order chi connectivity index (χ1) is 6.85.